The first-order valence-corrected chi connectivity index (χ1v) is 8.28. The van der Waals surface area contributed by atoms with Crippen LogP contribution < -0.4 is 19.7 Å². The lowest BCUT2D eigenvalue weighted by Crippen LogP contribution is -2.37. The Morgan fingerprint density at radius 2 is 1.92 bits per heavy atom. The first kappa shape index (κ1) is 15.5. The molecule has 6 nitrogen and oxygen atoms in total. The Kier molecular flexibility index (Phi) is 4.01. The second-order valence-electron chi connectivity index (χ2n) is 6.08. The van der Waals surface area contributed by atoms with Gasteiger partial charge in [0.25, 0.3) is 0 Å². The number of hydrogen-bond donors (Lipinski definition) is 1. The molecule has 0 unspecified atom stereocenters. The molecule has 0 saturated carbocycles. The lowest BCUT2D eigenvalue weighted by atomic mass is 10.1. The highest BCUT2D eigenvalue weighted by Crippen LogP contribution is 2.34. The number of carbonyl (C=O) groups is 2. The van der Waals surface area contributed by atoms with Crippen molar-refractivity contribution in [2.45, 2.75) is 19.3 Å². The molecule has 2 aliphatic rings. The minimum atomic E-state index is -0.246. The molecular formula is C19H18N2O4. The first-order valence-electron chi connectivity index (χ1n) is 8.28. The zero-order valence-electron chi connectivity index (χ0n) is 13.7. The van der Waals surface area contributed by atoms with Gasteiger partial charge in [-0.15, -0.1) is 0 Å². The zero-order chi connectivity index (χ0) is 17.2. The average molecular weight is 338 g/mol. The molecule has 4 rings (SSSR count). The minimum absolute atomic E-state index is 0.00963. The number of para-hydroxylation sites is 1. The molecule has 0 fully saturated rings. The highest BCUT2D eigenvalue weighted by molar-refractivity contribution is 6.03. The van der Waals surface area contributed by atoms with Crippen molar-refractivity contribution in [2.75, 3.05) is 23.6 Å². The van der Waals surface area contributed by atoms with Gasteiger partial charge in [0, 0.05) is 23.9 Å². The summed E-state index contributed by atoms with van der Waals surface area (Å²) < 4.78 is 10.6. The van der Waals surface area contributed by atoms with Gasteiger partial charge in [-0.2, -0.15) is 0 Å². The van der Waals surface area contributed by atoms with Crippen LogP contribution in [0.4, 0.5) is 11.4 Å². The van der Waals surface area contributed by atoms with E-state index in [0.29, 0.717) is 23.6 Å². The standard InChI is InChI=1S/C19H18N2O4/c22-18(20-14-8-9-16-17(10-14)25-12-24-16)11-21-15-6-2-1-4-13(15)5-3-7-19(21)23/h1-2,4,6,8-10H,3,5,7,11-12H2,(H,20,22). The second-order valence-corrected chi connectivity index (χ2v) is 6.08. The molecule has 0 spiro atoms. The van der Waals surface area contributed by atoms with Gasteiger partial charge < -0.3 is 19.7 Å². The summed E-state index contributed by atoms with van der Waals surface area (Å²) in [6.45, 7) is 0.177. The molecule has 2 aromatic rings. The Balaban J connectivity index is 1.51. The number of nitrogens with zero attached hydrogens (tertiary/aromatic N) is 1. The fourth-order valence-corrected chi connectivity index (χ4v) is 3.18. The molecular weight excluding hydrogens is 320 g/mol. The minimum Gasteiger partial charge on any atom is -0.454 e. The molecule has 128 valence electrons. The summed E-state index contributed by atoms with van der Waals surface area (Å²) in [5, 5.41) is 2.82. The maximum Gasteiger partial charge on any atom is 0.244 e. The quantitative estimate of drug-likeness (QED) is 0.934. The van der Waals surface area contributed by atoms with Crippen LogP contribution in [0.25, 0.3) is 0 Å². The predicted octanol–water partition coefficient (Wildman–Crippen LogP) is 2.72. The van der Waals surface area contributed by atoms with E-state index in [1.807, 2.05) is 24.3 Å². The SMILES string of the molecule is O=C(CN1C(=O)CCCc2ccccc21)Nc1ccc2c(c1)OCO2. The van der Waals surface area contributed by atoms with Crippen LogP contribution in [0.1, 0.15) is 18.4 Å². The number of rotatable bonds is 3. The van der Waals surface area contributed by atoms with Crippen molar-refractivity contribution < 1.29 is 19.1 Å². The van der Waals surface area contributed by atoms with E-state index in [1.165, 1.54) is 0 Å². The van der Waals surface area contributed by atoms with E-state index < -0.39 is 0 Å². The molecule has 6 heteroatoms. The summed E-state index contributed by atoms with van der Waals surface area (Å²) >= 11 is 0. The molecule has 1 N–H and O–H groups in total. The van der Waals surface area contributed by atoms with Crippen molar-refractivity contribution in [3.05, 3.63) is 48.0 Å². The number of anilines is 2. The Hall–Kier alpha value is -3.02. The van der Waals surface area contributed by atoms with Gasteiger partial charge in [-0.25, -0.2) is 0 Å². The van der Waals surface area contributed by atoms with Crippen LogP contribution in [-0.2, 0) is 16.0 Å². The number of nitrogens with one attached hydrogen (secondary N) is 1. The molecule has 2 heterocycles. The Morgan fingerprint density at radius 3 is 2.84 bits per heavy atom. The molecule has 2 amide bonds. The molecule has 2 aromatic carbocycles. The topological polar surface area (TPSA) is 67.9 Å². The van der Waals surface area contributed by atoms with Crippen LogP contribution in [0, 0.1) is 0 Å². The predicted molar refractivity (Wildman–Crippen MR) is 92.9 cm³/mol. The normalized spacial score (nSPS) is 15.5. The lowest BCUT2D eigenvalue weighted by molar-refractivity contribution is -0.121. The molecule has 0 saturated heterocycles. The third-order valence-electron chi connectivity index (χ3n) is 4.38. The number of ether oxygens (including phenoxy) is 2. The molecule has 2 aliphatic heterocycles. The van der Waals surface area contributed by atoms with E-state index in [9.17, 15) is 9.59 Å². The first-order chi connectivity index (χ1) is 12.2. The van der Waals surface area contributed by atoms with Gasteiger partial charge in [-0.3, -0.25) is 9.59 Å². The van der Waals surface area contributed by atoms with Crippen LogP contribution in [0.15, 0.2) is 42.5 Å². The summed E-state index contributed by atoms with van der Waals surface area (Å²) in [6, 6.07) is 13.0. The highest BCUT2D eigenvalue weighted by atomic mass is 16.7. The molecule has 0 atom stereocenters. The number of carbonyl (C=O) groups excluding carboxylic acids is 2. The van der Waals surface area contributed by atoms with Gasteiger partial charge in [0.1, 0.15) is 6.54 Å². The van der Waals surface area contributed by atoms with Crippen molar-refractivity contribution in [2.24, 2.45) is 0 Å². The van der Waals surface area contributed by atoms with Crippen molar-refractivity contribution in [3.8, 4) is 11.5 Å². The summed E-state index contributed by atoms with van der Waals surface area (Å²) in [5.74, 6) is 0.998. The number of aryl methyl sites for hydroxylation is 1. The smallest absolute Gasteiger partial charge is 0.244 e. The third-order valence-corrected chi connectivity index (χ3v) is 4.38. The van der Waals surface area contributed by atoms with Crippen molar-refractivity contribution in [1.29, 1.82) is 0 Å². The lowest BCUT2D eigenvalue weighted by Gasteiger charge is -2.22. The summed E-state index contributed by atoms with van der Waals surface area (Å²) in [4.78, 5) is 26.5. The molecule has 0 aromatic heterocycles. The van der Waals surface area contributed by atoms with E-state index in [4.69, 9.17) is 9.47 Å². The van der Waals surface area contributed by atoms with Crippen LogP contribution in [0.5, 0.6) is 11.5 Å². The van der Waals surface area contributed by atoms with Gasteiger partial charge in [-0.05, 0) is 36.6 Å². The van der Waals surface area contributed by atoms with Crippen molar-refractivity contribution >= 4 is 23.2 Å². The second kappa shape index (κ2) is 6.47. The Bertz CT molecular complexity index is 834. The molecule has 25 heavy (non-hydrogen) atoms. The van der Waals surface area contributed by atoms with E-state index in [0.717, 1.165) is 24.1 Å². The largest absolute Gasteiger partial charge is 0.454 e. The van der Waals surface area contributed by atoms with E-state index in [2.05, 4.69) is 5.32 Å². The maximum absolute atomic E-state index is 12.5. The van der Waals surface area contributed by atoms with E-state index >= 15 is 0 Å². The van der Waals surface area contributed by atoms with Gasteiger partial charge >= 0.3 is 0 Å². The number of benzene rings is 2. The Labute approximate surface area is 145 Å². The highest BCUT2D eigenvalue weighted by Gasteiger charge is 2.24. The van der Waals surface area contributed by atoms with Crippen LogP contribution >= 0.6 is 0 Å². The number of hydrogen-bond acceptors (Lipinski definition) is 4. The van der Waals surface area contributed by atoms with Crippen molar-refractivity contribution in [1.82, 2.24) is 0 Å². The third kappa shape index (κ3) is 3.15. The molecule has 0 aliphatic carbocycles. The van der Waals surface area contributed by atoms with E-state index in [1.54, 1.807) is 23.1 Å². The van der Waals surface area contributed by atoms with Gasteiger partial charge in [0.15, 0.2) is 11.5 Å². The molecule has 0 radical (unpaired) electrons. The molecule has 0 bridgehead atoms. The van der Waals surface area contributed by atoms with Crippen LogP contribution in [0.2, 0.25) is 0 Å². The average Bonchev–Trinajstić information content (AvgIpc) is 3.02. The van der Waals surface area contributed by atoms with E-state index in [-0.39, 0.29) is 25.2 Å². The van der Waals surface area contributed by atoms with Gasteiger partial charge in [0.05, 0.1) is 0 Å². The number of amides is 2. The summed E-state index contributed by atoms with van der Waals surface area (Å²) in [5.41, 5.74) is 2.54. The Morgan fingerprint density at radius 1 is 1.08 bits per heavy atom. The number of fused-ring (bicyclic) bond motifs is 2. The fraction of sp³-hybridized carbons (Fsp3) is 0.263. The summed E-state index contributed by atoms with van der Waals surface area (Å²) in [7, 11) is 0. The maximum atomic E-state index is 12.5. The van der Waals surface area contributed by atoms with Gasteiger partial charge in [-0.1, -0.05) is 18.2 Å². The van der Waals surface area contributed by atoms with Crippen LogP contribution in [0.3, 0.4) is 0 Å². The fourth-order valence-electron chi connectivity index (χ4n) is 3.18. The summed E-state index contributed by atoms with van der Waals surface area (Å²) in [6.07, 6.45) is 2.10. The van der Waals surface area contributed by atoms with Gasteiger partial charge in [0.2, 0.25) is 18.6 Å². The zero-order valence-corrected chi connectivity index (χ0v) is 13.7. The monoisotopic (exact) mass is 338 g/mol. The van der Waals surface area contributed by atoms with Crippen LogP contribution in [-0.4, -0.2) is 25.2 Å². The van der Waals surface area contributed by atoms with Crippen molar-refractivity contribution in [3.63, 3.8) is 0 Å².